The molecule has 80 valence electrons. The number of fused-ring (bicyclic) bond motifs is 1. The SMILES string of the molecule is CCC(C)C1=NSc2cnccc2N1N. The van der Waals surface area contributed by atoms with E-state index in [-0.39, 0.29) is 0 Å². The Kier molecular flexibility index (Phi) is 2.93. The number of hydrazine groups is 1. The molecule has 0 amide bonds. The molecule has 0 saturated carbocycles. The van der Waals surface area contributed by atoms with E-state index in [1.54, 1.807) is 17.4 Å². The highest BCUT2D eigenvalue weighted by atomic mass is 32.2. The van der Waals surface area contributed by atoms with Crippen LogP contribution in [-0.4, -0.2) is 10.8 Å². The summed E-state index contributed by atoms with van der Waals surface area (Å²) in [5.74, 6) is 7.34. The van der Waals surface area contributed by atoms with Crippen molar-refractivity contribution in [1.82, 2.24) is 4.98 Å². The molecule has 1 aromatic rings. The molecule has 2 rings (SSSR count). The first-order valence-electron chi connectivity index (χ1n) is 4.97. The highest BCUT2D eigenvalue weighted by Gasteiger charge is 2.22. The molecule has 1 atom stereocenters. The van der Waals surface area contributed by atoms with Crippen molar-refractivity contribution in [3.8, 4) is 0 Å². The minimum atomic E-state index is 0.379. The maximum absolute atomic E-state index is 6.03. The third-order valence-electron chi connectivity index (χ3n) is 2.56. The summed E-state index contributed by atoms with van der Waals surface area (Å²) in [5.41, 5.74) is 0.986. The average Bonchev–Trinajstić information content (AvgIpc) is 2.29. The molecule has 1 unspecified atom stereocenters. The molecule has 1 aromatic heterocycles. The van der Waals surface area contributed by atoms with Crippen LogP contribution in [-0.2, 0) is 0 Å². The van der Waals surface area contributed by atoms with Gasteiger partial charge in [0.2, 0.25) is 0 Å². The number of hydrogen-bond acceptors (Lipinski definition) is 5. The van der Waals surface area contributed by atoms with Gasteiger partial charge >= 0.3 is 0 Å². The number of anilines is 1. The van der Waals surface area contributed by atoms with Gasteiger partial charge in [-0.2, -0.15) is 4.40 Å². The molecular weight excluding hydrogens is 208 g/mol. The molecule has 0 bridgehead atoms. The third-order valence-corrected chi connectivity index (χ3v) is 3.35. The molecule has 1 aliphatic rings. The minimum absolute atomic E-state index is 0.379. The molecule has 5 heteroatoms. The zero-order valence-electron chi connectivity index (χ0n) is 8.84. The number of nitrogens with two attached hydrogens (primary N) is 1. The summed E-state index contributed by atoms with van der Waals surface area (Å²) in [4.78, 5) is 5.06. The Morgan fingerprint density at radius 2 is 2.40 bits per heavy atom. The molecule has 0 fully saturated rings. The summed E-state index contributed by atoms with van der Waals surface area (Å²) >= 11 is 1.45. The molecule has 0 radical (unpaired) electrons. The fourth-order valence-corrected chi connectivity index (χ4v) is 2.24. The van der Waals surface area contributed by atoms with Crippen molar-refractivity contribution >= 4 is 23.5 Å². The van der Waals surface area contributed by atoms with Crippen molar-refractivity contribution < 1.29 is 0 Å². The van der Waals surface area contributed by atoms with Crippen LogP contribution in [0, 0.1) is 5.92 Å². The lowest BCUT2D eigenvalue weighted by atomic mass is 10.1. The second-order valence-corrected chi connectivity index (χ2v) is 4.37. The lowest BCUT2D eigenvalue weighted by molar-refractivity contribution is 0.721. The van der Waals surface area contributed by atoms with Gasteiger partial charge in [-0.25, -0.2) is 5.84 Å². The van der Waals surface area contributed by atoms with Gasteiger partial charge in [-0.3, -0.25) is 9.99 Å². The molecule has 15 heavy (non-hydrogen) atoms. The van der Waals surface area contributed by atoms with E-state index in [0.29, 0.717) is 5.92 Å². The van der Waals surface area contributed by atoms with E-state index in [4.69, 9.17) is 5.84 Å². The summed E-state index contributed by atoms with van der Waals surface area (Å²) in [6, 6.07) is 1.92. The van der Waals surface area contributed by atoms with Crippen LogP contribution in [0.1, 0.15) is 20.3 Å². The minimum Gasteiger partial charge on any atom is -0.264 e. The number of nitrogens with zero attached hydrogens (tertiary/aromatic N) is 3. The Bertz CT molecular complexity index is 391. The van der Waals surface area contributed by atoms with Gasteiger partial charge in [0, 0.05) is 30.3 Å². The lowest BCUT2D eigenvalue weighted by Gasteiger charge is -2.28. The van der Waals surface area contributed by atoms with Gasteiger partial charge in [0.25, 0.3) is 0 Å². The molecule has 4 nitrogen and oxygen atoms in total. The summed E-state index contributed by atoms with van der Waals surface area (Å²) < 4.78 is 4.42. The second-order valence-electron chi connectivity index (χ2n) is 3.56. The fraction of sp³-hybridized carbons (Fsp3) is 0.400. The van der Waals surface area contributed by atoms with E-state index in [9.17, 15) is 0 Å². The standard InChI is InChI=1S/C10H14N4S/c1-3-7(2)10-13-15-9-6-12-5-4-8(9)14(10)11/h4-7H,3,11H2,1-2H3. The van der Waals surface area contributed by atoms with Crippen LogP contribution in [0.25, 0.3) is 0 Å². The molecule has 0 aromatic carbocycles. The number of pyridine rings is 1. The molecule has 2 N–H and O–H groups in total. The Balaban J connectivity index is 2.33. The third kappa shape index (κ3) is 1.85. The molecular formula is C10H14N4S. The van der Waals surface area contributed by atoms with E-state index in [1.165, 1.54) is 11.9 Å². The number of hydrogen-bond donors (Lipinski definition) is 1. The van der Waals surface area contributed by atoms with Gasteiger partial charge in [-0.05, 0) is 12.5 Å². The summed E-state index contributed by atoms with van der Waals surface area (Å²) in [6.07, 6.45) is 4.57. The second kappa shape index (κ2) is 4.20. The molecule has 0 spiro atoms. The van der Waals surface area contributed by atoms with Crippen LogP contribution in [0.5, 0.6) is 0 Å². The van der Waals surface area contributed by atoms with E-state index in [1.807, 2.05) is 6.07 Å². The van der Waals surface area contributed by atoms with Gasteiger partial charge in [0.05, 0.1) is 10.6 Å². The van der Waals surface area contributed by atoms with Crippen molar-refractivity contribution in [2.75, 3.05) is 5.01 Å². The maximum atomic E-state index is 6.03. The zero-order chi connectivity index (χ0) is 10.8. The first-order chi connectivity index (χ1) is 7.24. The van der Waals surface area contributed by atoms with Crippen LogP contribution in [0.15, 0.2) is 27.8 Å². The first kappa shape index (κ1) is 10.4. The smallest absolute Gasteiger partial charge is 0.134 e. The maximum Gasteiger partial charge on any atom is 0.134 e. The largest absolute Gasteiger partial charge is 0.264 e. The van der Waals surface area contributed by atoms with Crippen LogP contribution >= 0.6 is 11.9 Å². The van der Waals surface area contributed by atoms with Crippen molar-refractivity contribution in [1.29, 1.82) is 0 Å². The Morgan fingerprint density at radius 3 is 3.13 bits per heavy atom. The monoisotopic (exact) mass is 222 g/mol. The zero-order valence-corrected chi connectivity index (χ0v) is 9.66. The van der Waals surface area contributed by atoms with Crippen LogP contribution < -0.4 is 10.9 Å². The van der Waals surface area contributed by atoms with E-state index < -0.39 is 0 Å². The van der Waals surface area contributed by atoms with Gasteiger partial charge in [-0.15, -0.1) is 0 Å². The number of rotatable bonds is 2. The fourth-order valence-electron chi connectivity index (χ4n) is 1.42. The highest BCUT2D eigenvalue weighted by Crippen LogP contribution is 2.34. The van der Waals surface area contributed by atoms with Gasteiger partial charge in [0.15, 0.2) is 0 Å². The summed E-state index contributed by atoms with van der Waals surface area (Å²) in [7, 11) is 0. The lowest BCUT2D eigenvalue weighted by Crippen LogP contribution is -2.42. The van der Waals surface area contributed by atoms with Crippen molar-refractivity contribution in [3.63, 3.8) is 0 Å². The van der Waals surface area contributed by atoms with Gasteiger partial charge in [0.1, 0.15) is 5.84 Å². The Morgan fingerprint density at radius 1 is 1.60 bits per heavy atom. The van der Waals surface area contributed by atoms with Crippen molar-refractivity contribution in [2.24, 2.45) is 16.2 Å². The van der Waals surface area contributed by atoms with Gasteiger partial charge in [-0.1, -0.05) is 13.8 Å². The summed E-state index contributed by atoms with van der Waals surface area (Å²) in [6.45, 7) is 4.26. The molecule has 0 saturated heterocycles. The van der Waals surface area contributed by atoms with E-state index in [2.05, 4.69) is 23.2 Å². The van der Waals surface area contributed by atoms with Crippen LogP contribution in [0.4, 0.5) is 5.69 Å². The number of amidine groups is 1. The predicted octanol–water partition coefficient (Wildman–Crippen LogP) is 2.23. The van der Waals surface area contributed by atoms with E-state index >= 15 is 0 Å². The Labute approximate surface area is 93.7 Å². The first-order valence-corrected chi connectivity index (χ1v) is 5.75. The van der Waals surface area contributed by atoms with Gasteiger partial charge < -0.3 is 0 Å². The van der Waals surface area contributed by atoms with Crippen LogP contribution in [0.2, 0.25) is 0 Å². The molecule has 2 heterocycles. The Hall–Kier alpha value is -1.07. The van der Waals surface area contributed by atoms with Crippen LogP contribution in [0.3, 0.4) is 0 Å². The topological polar surface area (TPSA) is 54.5 Å². The average molecular weight is 222 g/mol. The summed E-state index contributed by atoms with van der Waals surface area (Å²) in [5, 5.41) is 1.67. The predicted molar refractivity (Wildman–Crippen MR) is 63.7 cm³/mol. The quantitative estimate of drug-likeness (QED) is 0.616. The van der Waals surface area contributed by atoms with Crippen molar-refractivity contribution in [2.45, 2.75) is 25.2 Å². The number of aromatic nitrogens is 1. The van der Waals surface area contributed by atoms with E-state index in [0.717, 1.165) is 22.8 Å². The molecule has 0 aliphatic carbocycles. The highest BCUT2D eigenvalue weighted by molar-refractivity contribution is 7.98. The normalized spacial score (nSPS) is 17.0. The molecule has 1 aliphatic heterocycles. The van der Waals surface area contributed by atoms with Crippen molar-refractivity contribution in [3.05, 3.63) is 18.5 Å².